The molecule has 0 fully saturated rings. The van der Waals surface area contributed by atoms with Crippen molar-refractivity contribution in [1.29, 1.82) is 0 Å². The first-order chi connectivity index (χ1) is 13.4. The van der Waals surface area contributed by atoms with E-state index in [-0.39, 0.29) is 23.6 Å². The molecule has 5 nitrogen and oxygen atoms in total. The van der Waals surface area contributed by atoms with Crippen molar-refractivity contribution in [3.63, 3.8) is 0 Å². The molecule has 2 amide bonds. The number of hydrogen-bond acceptors (Lipinski definition) is 4. The Balaban J connectivity index is 1.92. The van der Waals surface area contributed by atoms with Crippen molar-refractivity contribution >= 4 is 23.6 Å². The van der Waals surface area contributed by atoms with E-state index in [4.69, 9.17) is 4.74 Å². The second-order valence-electron chi connectivity index (χ2n) is 6.90. The first-order valence-electron chi connectivity index (χ1n) is 9.33. The normalized spacial score (nSPS) is 10.6. The zero-order valence-electron chi connectivity index (χ0n) is 16.9. The molecule has 0 atom stereocenters. The van der Waals surface area contributed by atoms with Crippen LogP contribution in [0.4, 0.5) is 0 Å². The molecule has 0 aliphatic carbocycles. The van der Waals surface area contributed by atoms with Crippen molar-refractivity contribution in [2.24, 2.45) is 0 Å². The van der Waals surface area contributed by atoms with Crippen LogP contribution in [0.3, 0.4) is 0 Å². The number of amides is 2. The first kappa shape index (κ1) is 21.8. The minimum Gasteiger partial charge on any atom is -0.492 e. The molecule has 1 N–H and O–H groups in total. The maximum Gasteiger partial charge on any atom is 0.254 e. The van der Waals surface area contributed by atoms with Crippen molar-refractivity contribution in [1.82, 2.24) is 10.2 Å². The fraction of sp³-hybridized carbons (Fsp3) is 0.364. The molecule has 2 aromatic rings. The van der Waals surface area contributed by atoms with Crippen LogP contribution in [-0.2, 0) is 4.79 Å². The van der Waals surface area contributed by atoms with Crippen LogP contribution in [0, 0.1) is 6.92 Å². The summed E-state index contributed by atoms with van der Waals surface area (Å²) in [6.45, 7) is 6.75. The van der Waals surface area contributed by atoms with Gasteiger partial charge in [-0.3, -0.25) is 9.59 Å². The van der Waals surface area contributed by atoms with Crippen molar-refractivity contribution in [2.45, 2.75) is 31.7 Å². The van der Waals surface area contributed by atoms with E-state index < -0.39 is 0 Å². The molecule has 0 unspecified atom stereocenters. The Morgan fingerprint density at radius 2 is 1.89 bits per heavy atom. The second kappa shape index (κ2) is 10.8. The number of carbonyl (C=O) groups excluding carboxylic acids is 2. The summed E-state index contributed by atoms with van der Waals surface area (Å²) < 4.78 is 5.74. The van der Waals surface area contributed by atoms with E-state index >= 15 is 0 Å². The highest BCUT2D eigenvalue weighted by molar-refractivity contribution is 8.00. The fourth-order valence-electron chi connectivity index (χ4n) is 2.59. The molecule has 28 heavy (non-hydrogen) atoms. The van der Waals surface area contributed by atoms with E-state index in [9.17, 15) is 9.59 Å². The molecule has 0 radical (unpaired) electrons. The summed E-state index contributed by atoms with van der Waals surface area (Å²) in [6, 6.07) is 15.3. The SMILES string of the molecule is Cc1cccc(OCCN(C)C(=O)c2ccccc2SCC(=O)NC(C)C)c1. The van der Waals surface area contributed by atoms with Gasteiger partial charge in [-0.25, -0.2) is 0 Å². The number of rotatable bonds is 9. The highest BCUT2D eigenvalue weighted by Gasteiger charge is 2.16. The van der Waals surface area contributed by atoms with Gasteiger partial charge in [-0.05, 0) is 50.6 Å². The molecule has 6 heteroatoms. The molecule has 0 saturated carbocycles. The number of nitrogens with one attached hydrogen (secondary N) is 1. The fourth-order valence-corrected chi connectivity index (χ4v) is 3.44. The lowest BCUT2D eigenvalue weighted by Gasteiger charge is -2.19. The Morgan fingerprint density at radius 3 is 2.61 bits per heavy atom. The van der Waals surface area contributed by atoms with Gasteiger partial charge in [0.15, 0.2) is 0 Å². The molecule has 0 spiro atoms. The third-order valence-corrected chi connectivity index (χ3v) is 5.03. The zero-order valence-corrected chi connectivity index (χ0v) is 17.7. The molecule has 0 heterocycles. The highest BCUT2D eigenvalue weighted by Crippen LogP contribution is 2.23. The lowest BCUT2D eigenvalue weighted by atomic mass is 10.2. The van der Waals surface area contributed by atoms with Gasteiger partial charge in [-0.2, -0.15) is 0 Å². The molecule has 0 aliphatic rings. The number of carbonyl (C=O) groups is 2. The number of benzene rings is 2. The predicted octanol–water partition coefficient (Wildman–Crippen LogP) is 3.76. The molecule has 2 rings (SSSR count). The van der Waals surface area contributed by atoms with Crippen LogP contribution in [0.1, 0.15) is 29.8 Å². The van der Waals surface area contributed by atoms with Gasteiger partial charge >= 0.3 is 0 Å². The Morgan fingerprint density at radius 1 is 1.14 bits per heavy atom. The van der Waals surface area contributed by atoms with E-state index in [2.05, 4.69) is 5.32 Å². The lowest BCUT2D eigenvalue weighted by Crippen LogP contribution is -2.32. The largest absolute Gasteiger partial charge is 0.492 e. The van der Waals surface area contributed by atoms with E-state index in [1.807, 2.05) is 63.2 Å². The number of hydrogen-bond donors (Lipinski definition) is 1. The summed E-state index contributed by atoms with van der Waals surface area (Å²) in [7, 11) is 1.76. The molecule has 150 valence electrons. The maximum absolute atomic E-state index is 12.8. The predicted molar refractivity (Wildman–Crippen MR) is 114 cm³/mol. The highest BCUT2D eigenvalue weighted by atomic mass is 32.2. The van der Waals surface area contributed by atoms with Gasteiger partial charge in [0.1, 0.15) is 12.4 Å². The van der Waals surface area contributed by atoms with Gasteiger partial charge in [0.05, 0.1) is 17.9 Å². The Kier molecular flexibility index (Phi) is 8.39. The Bertz CT molecular complexity index is 808. The van der Waals surface area contributed by atoms with Crippen molar-refractivity contribution in [3.05, 3.63) is 59.7 Å². The number of ether oxygens (including phenoxy) is 1. The Labute approximate surface area is 171 Å². The smallest absolute Gasteiger partial charge is 0.254 e. The average Bonchev–Trinajstić information content (AvgIpc) is 2.65. The molecule has 0 aromatic heterocycles. The van der Waals surface area contributed by atoms with E-state index in [0.717, 1.165) is 16.2 Å². The van der Waals surface area contributed by atoms with Crippen molar-refractivity contribution in [2.75, 3.05) is 26.0 Å². The minimum absolute atomic E-state index is 0.0397. The van der Waals surface area contributed by atoms with Crippen LogP contribution in [0.5, 0.6) is 5.75 Å². The zero-order chi connectivity index (χ0) is 20.5. The average molecular weight is 401 g/mol. The van der Waals surface area contributed by atoms with Crippen LogP contribution in [0.25, 0.3) is 0 Å². The van der Waals surface area contributed by atoms with Gasteiger partial charge < -0.3 is 15.0 Å². The van der Waals surface area contributed by atoms with Crippen LogP contribution < -0.4 is 10.1 Å². The maximum atomic E-state index is 12.8. The van der Waals surface area contributed by atoms with Gasteiger partial charge in [0.2, 0.25) is 5.91 Å². The first-order valence-corrected chi connectivity index (χ1v) is 10.3. The summed E-state index contributed by atoms with van der Waals surface area (Å²) in [6.07, 6.45) is 0. The summed E-state index contributed by atoms with van der Waals surface area (Å²) in [4.78, 5) is 27.2. The second-order valence-corrected chi connectivity index (χ2v) is 7.92. The minimum atomic E-state index is -0.0831. The standard InChI is InChI=1S/C22H28N2O3S/c1-16(2)23-21(25)15-28-20-11-6-5-10-19(20)22(26)24(4)12-13-27-18-9-7-8-17(3)14-18/h5-11,14,16H,12-13,15H2,1-4H3,(H,23,25). The summed E-state index contributed by atoms with van der Waals surface area (Å²) in [5.74, 6) is 0.957. The van der Waals surface area contributed by atoms with Gasteiger partial charge in [0.25, 0.3) is 5.91 Å². The van der Waals surface area contributed by atoms with Crippen LogP contribution >= 0.6 is 11.8 Å². The van der Waals surface area contributed by atoms with Crippen molar-refractivity contribution in [3.8, 4) is 5.75 Å². The van der Waals surface area contributed by atoms with Crippen LogP contribution in [0.2, 0.25) is 0 Å². The third kappa shape index (κ3) is 6.93. The quantitative estimate of drug-likeness (QED) is 0.651. The lowest BCUT2D eigenvalue weighted by molar-refractivity contribution is -0.119. The van der Waals surface area contributed by atoms with E-state index in [1.165, 1.54) is 11.8 Å². The van der Waals surface area contributed by atoms with Gasteiger partial charge in [-0.15, -0.1) is 11.8 Å². The summed E-state index contributed by atoms with van der Waals surface area (Å²) in [5.41, 5.74) is 1.73. The van der Waals surface area contributed by atoms with Crippen molar-refractivity contribution < 1.29 is 14.3 Å². The topological polar surface area (TPSA) is 58.6 Å². The summed E-state index contributed by atoms with van der Waals surface area (Å²) in [5, 5.41) is 2.86. The molecular formula is C22H28N2O3S. The molecular weight excluding hydrogens is 372 g/mol. The van der Waals surface area contributed by atoms with E-state index in [1.54, 1.807) is 18.0 Å². The van der Waals surface area contributed by atoms with E-state index in [0.29, 0.717) is 18.7 Å². The molecule has 0 saturated heterocycles. The van der Waals surface area contributed by atoms with Crippen LogP contribution in [-0.4, -0.2) is 48.7 Å². The van der Waals surface area contributed by atoms with Gasteiger partial charge in [0, 0.05) is 18.0 Å². The molecule has 0 bridgehead atoms. The summed E-state index contributed by atoms with van der Waals surface area (Å²) >= 11 is 1.37. The van der Waals surface area contributed by atoms with Crippen LogP contribution in [0.15, 0.2) is 53.4 Å². The Hall–Kier alpha value is -2.47. The number of likely N-dealkylation sites (N-methyl/N-ethyl adjacent to an activating group) is 1. The number of thioether (sulfide) groups is 1. The number of nitrogens with zero attached hydrogens (tertiary/aromatic N) is 1. The molecule has 2 aromatic carbocycles. The number of aryl methyl sites for hydroxylation is 1. The molecule has 0 aliphatic heterocycles. The van der Waals surface area contributed by atoms with Gasteiger partial charge in [-0.1, -0.05) is 24.3 Å². The monoisotopic (exact) mass is 400 g/mol. The third-order valence-electron chi connectivity index (χ3n) is 3.96.